The van der Waals surface area contributed by atoms with Crippen molar-refractivity contribution >= 4 is 5.97 Å². The van der Waals surface area contributed by atoms with Gasteiger partial charge in [-0.15, -0.1) is 0 Å². The Morgan fingerprint density at radius 3 is 2.58 bits per heavy atom. The molecule has 0 aliphatic rings. The maximum atomic E-state index is 12.7. The fraction of sp³-hybridized carbons (Fsp3) is 0.700. The van der Waals surface area contributed by atoms with Crippen LogP contribution >= 0.6 is 0 Å². The third kappa shape index (κ3) is 3.43. The molecule has 0 bridgehead atoms. The first-order chi connectivity index (χ1) is 8.70. The maximum Gasteiger partial charge on any atom is 0.417 e. The third-order valence-electron chi connectivity index (χ3n) is 2.57. The lowest BCUT2D eigenvalue weighted by Gasteiger charge is -2.28. The lowest BCUT2D eigenvalue weighted by Crippen LogP contribution is -2.59. The van der Waals surface area contributed by atoms with Crippen LogP contribution in [-0.4, -0.2) is 32.9 Å². The lowest BCUT2D eigenvalue weighted by molar-refractivity contribution is -0.206. The molecule has 0 radical (unpaired) electrons. The van der Waals surface area contributed by atoms with Crippen LogP contribution < -0.4 is 5.32 Å². The van der Waals surface area contributed by atoms with Crippen molar-refractivity contribution in [3.63, 3.8) is 0 Å². The smallest absolute Gasteiger partial charge is 0.417 e. The van der Waals surface area contributed by atoms with Crippen LogP contribution in [0.15, 0.2) is 4.52 Å². The van der Waals surface area contributed by atoms with E-state index in [0.29, 0.717) is 19.2 Å². The van der Waals surface area contributed by atoms with Crippen molar-refractivity contribution in [1.82, 2.24) is 15.5 Å². The number of carboxylic acids is 1. The van der Waals surface area contributed by atoms with Gasteiger partial charge in [0.05, 0.1) is 6.54 Å². The Bertz CT molecular complexity index is 447. The van der Waals surface area contributed by atoms with Crippen LogP contribution in [0.2, 0.25) is 0 Å². The second-order valence-electron chi connectivity index (χ2n) is 4.14. The zero-order valence-corrected chi connectivity index (χ0v) is 10.4. The summed E-state index contributed by atoms with van der Waals surface area (Å²) in [5.41, 5.74) is -3.06. The number of rotatable bonds is 6. The van der Waals surface area contributed by atoms with Gasteiger partial charge in [-0.3, -0.25) is 5.32 Å². The topological polar surface area (TPSA) is 88.2 Å². The highest BCUT2D eigenvalue weighted by Gasteiger charge is 2.57. The Morgan fingerprint density at radius 1 is 1.47 bits per heavy atom. The van der Waals surface area contributed by atoms with Crippen molar-refractivity contribution in [3.05, 3.63) is 11.7 Å². The highest BCUT2D eigenvalue weighted by molar-refractivity contribution is 5.79. The second kappa shape index (κ2) is 5.55. The van der Waals surface area contributed by atoms with E-state index in [1.165, 1.54) is 0 Å². The van der Waals surface area contributed by atoms with E-state index in [2.05, 4.69) is 10.1 Å². The Balaban J connectivity index is 2.74. The quantitative estimate of drug-likeness (QED) is 0.821. The highest BCUT2D eigenvalue weighted by Crippen LogP contribution is 2.30. The van der Waals surface area contributed by atoms with Gasteiger partial charge in [0.25, 0.3) is 0 Å². The summed E-state index contributed by atoms with van der Waals surface area (Å²) in [4.78, 5) is 14.6. The van der Waals surface area contributed by atoms with Crippen LogP contribution in [0.4, 0.5) is 13.2 Å². The molecule has 0 amide bonds. The van der Waals surface area contributed by atoms with Gasteiger partial charge in [0.2, 0.25) is 11.4 Å². The number of hydrogen-bond acceptors (Lipinski definition) is 5. The van der Waals surface area contributed by atoms with E-state index in [0.717, 1.165) is 6.42 Å². The second-order valence-corrected chi connectivity index (χ2v) is 4.14. The van der Waals surface area contributed by atoms with Gasteiger partial charge < -0.3 is 9.63 Å². The van der Waals surface area contributed by atoms with Crippen molar-refractivity contribution in [3.8, 4) is 0 Å². The molecule has 1 unspecified atom stereocenters. The minimum Gasteiger partial charge on any atom is -0.480 e. The summed E-state index contributed by atoms with van der Waals surface area (Å²) in [6, 6.07) is 0. The molecule has 108 valence electrons. The summed E-state index contributed by atoms with van der Waals surface area (Å²) >= 11 is 0. The molecule has 1 aromatic rings. The SMILES string of the molecule is CCCc1nc(CNC(C)(C(=O)O)C(F)(F)F)no1. The average Bonchev–Trinajstić information content (AvgIpc) is 2.72. The first kappa shape index (κ1) is 15.4. The molecule has 0 fully saturated rings. The first-order valence-corrected chi connectivity index (χ1v) is 5.57. The van der Waals surface area contributed by atoms with Crippen molar-refractivity contribution in [2.75, 3.05) is 0 Å². The fourth-order valence-corrected chi connectivity index (χ4v) is 1.23. The van der Waals surface area contributed by atoms with Gasteiger partial charge in [-0.2, -0.15) is 18.2 Å². The number of carbonyl (C=O) groups is 1. The summed E-state index contributed by atoms with van der Waals surface area (Å²) in [6.45, 7) is 1.98. The molecular weight excluding hydrogens is 267 g/mol. The number of halogens is 3. The van der Waals surface area contributed by atoms with Crippen LogP contribution in [0.1, 0.15) is 32.0 Å². The first-order valence-electron chi connectivity index (χ1n) is 5.57. The van der Waals surface area contributed by atoms with Gasteiger partial charge in [-0.25, -0.2) is 4.79 Å². The van der Waals surface area contributed by atoms with Crippen LogP contribution in [0.5, 0.6) is 0 Å². The molecule has 0 saturated heterocycles. The van der Waals surface area contributed by atoms with Gasteiger partial charge in [0, 0.05) is 6.42 Å². The van der Waals surface area contributed by atoms with Gasteiger partial charge in [0.15, 0.2) is 5.82 Å². The Hall–Kier alpha value is -1.64. The van der Waals surface area contributed by atoms with E-state index in [9.17, 15) is 18.0 Å². The van der Waals surface area contributed by atoms with Gasteiger partial charge in [-0.05, 0) is 13.3 Å². The van der Waals surface area contributed by atoms with Crippen LogP contribution in [0.25, 0.3) is 0 Å². The summed E-state index contributed by atoms with van der Waals surface area (Å²) in [7, 11) is 0. The van der Waals surface area contributed by atoms with E-state index < -0.39 is 24.2 Å². The standard InChI is InChI=1S/C10H14F3N3O3/c1-3-4-7-15-6(16-19-7)5-14-9(2,8(17)18)10(11,12)13/h14H,3-5H2,1-2H3,(H,17,18). The van der Waals surface area contributed by atoms with Gasteiger partial charge >= 0.3 is 12.1 Å². The number of nitrogens with zero attached hydrogens (tertiary/aromatic N) is 2. The van der Waals surface area contributed by atoms with Crippen LogP contribution in [-0.2, 0) is 17.8 Å². The van der Waals surface area contributed by atoms with Crippen LogP contribution in [0, 0.1) is 0 Å². The molecule has 0 spiro atoms. The van der Waals surface area contributed by atoms with Crippen molar-refractivity contribution in [2.24, 2.45) is 0 Å². The molecule has 6 nitrogen and oxygen atoms in total. The molecule has 19 heavy (non-hydrogen) atoms. The number of nitrogens with one attached hydrogen (secondary N) is 1. The molecule has 0 aromatic carbocycles. The summed E-state index contributed by atoms with van der Waals surface area (Å²) in [5.74, 6) is -1.72. The minimum absolute atomic E-state index is 0.0137. The number of aliphatic carboxylic acids is 1. The largest absolute Gasteiger partial charge is 0.480 e. The van der Waals surface area contributed by atoms with E-state index in [1.54, 1.807) is 0 Å². The fourth-order valence-electron chi connectivity index (χ4n) is 1.23. The van der Waals surface area contributed by atoms with E-state index in [4.69, 9.17) is 9.63 Å². The zero-order chi connectivity index (χ0) is 14.7. The normalized spacial score (nSPS) is 15.2. The molecular formula is C10H14F3N3O3. The van der Waals surface area contributed by atoms with Gasteiger partial charge in [-0.1, -0.05) is 12.1 Å². The van der Waals surface area contributed by atoms with Crippen LogP contribution in [0.3, 0.4) is 0 Å². The number of hydrogen-bond donors (Lipinski definition) is 2. The monoisotopic (exact) mass is 281 g/mol. The lowest BCUT2D eigenvalue weighted by atomic mass is 10.0. The van der Waals surface area contributed by atoms with E-state index in [1.807, 2.05) is 12.2 Å². The molecule has 1 heterocycles. The van der Waals surface area contributed by atoms with E-state index >= 15 is 0 Å². The number of carboxylic acid groups (broad SMARTS) is 1. The number of aryl methyl sites for hydroxylation is 1. The predicted molar refractivity (Wildman–Crippen MR) is 57.2 cm³/mol. The predicted octanol–water partition coefficient (Wildman–Crippen LogP) is 1.52. The highest BCUT2D eigenvalue weighted by atomic mass is 19.4. The van der Waals surface area contributed by atoms with Gasteiger partial charge in [0.1, 0.15) is 0 Å². The molecule has 1 aromatic heterocycles. The molecule has 1 rings (SSSR count). The number of alkyl halides is 3. The summed E-state index contributed by atoms with van der Waals surface area (Å²) in [5, 5.41) is 14.1. The number of aromatic nitrogens is 2. The summed E-state index contributed by atoms with van der Waals surface area (Å²) in [6.07, 6.45) is -3.66. The third-order valence-corrected chi connectivity index (χ3v) is 2.57. The maximum absolute atomic E-state index is 12.7. The molecule has 1 atom stereocenters. The van der Waals surface area contributed by atoms with E-state index in [-0.39, 0.29) is 5.82 Å². The van der Waals surface area contributed by atoms with Crippen molar-refractivity contribution in [1.29, 1.82) is 0 Å². The minimum atomic E-state index is -4.94. The average molecular weight is 281 g/mol. The Morgan fingerprint density at radius 2 is 2.11 bits per heavy atom. The molecule has 0 aliphatic heterocycles. The Kier molecular flexibility index (Phi) is 4.51. The molecule has 0 aliphatic carbocycles. The molecule has 0 saturated carbocycles. The zero-order valence-electron chi connectivity index (χ0n) is 10.4. The van der Waals surface area contributed by atoms with Crippen molar-refractivity contribution < 1.29 is 27.6 Å². The Labute approximate surface area is 107 Å². The van der Waals surface area contributed by atoms with Crippen molar-refractivity contribution in [2.45, 2.75) is 44.9 Å². The summed E-state index contributed by atoms with van der Waals surface area (Å²) < 4.78 is 42.8. The molecule has 2 N–H and O–H groups in total. The molecule has 9 heteroatoms.